The van der Waals surface area contributed by atoms with Crippen LogP contribution in [0.5, 0.6) is 0 Å². The molecule has 0 aliphatic rings. The summed E-state index contributed by atoms with van der Waals surface area (Å²) in [5.41, 5.74) is 0. The summed E-state index contributed by atoms with van der Waals surface area (Å²) in [5, 5.41) is 0. The number of ether oxygens (including phenoxy) is 1. The number of hydrogen-bond donors (Lipinski definition) is 0. The van der Waals surface area contributed by atoms with Crippen molar-refractivity contribution in [2.75, 3.05) is 19.1 Å². The first kappa shape index (κ1) is 14.2. The smallest absolute Gasteiger partial charge is 0.0503 e. The van der Waals surface area contributed by atoms with Crippen LogP contribution in [0.1, 0.15) is 46.5 Å². The van der Waals surface area contributed by atoms with Crippen LogP contribution in [-0.2, 0) is 4.74 Å². The van der Waals surface area contributed by atoms with Crippen molar-refractivity contribution in [3.63, 3.8) is 0 Å². The van der Waals surface area contributed by atoms with E-state index in [9.17, 15) is 0 Å². The number of alkyl halides is 1. The van der Waals surface area contributed by atoms with Gasteiger partial charge in [-0.3, -0.25) is 0 Å². The van der Waals surface area contributed by atoms with Crippen LogP contribution >= 0.6 is 11.6 Å². The van der Waals surface area contributed by atoms with Crippen molar-refractivity contribution >= 4 is 11.6 Å². The standard InChI is InChI=1S/C12H25ClO/c1-4-6-7-12(5-2)10-14-9-11(3)8-13/h11-12H,4-10H2,1-3H3. The monoisotopic (exact) mass is 220 g/mol. The van der Waals surface area contributed by atoms with E-state index in [-0.39, 0.29) is 0 Å². The van der Waals surface area contributed by atoms with Crippen LogP contribution in [0.3, 0.4) is 0 Å². The largest absolute Gasteiger partial charge is 0.381 e. The maximum Gasteiger partial charge on any atom is 0.0503 e. The van der Waals surface area contributed by atoms with Gasteiger partial charge in [0.2, 0.25) is 0 Å². The molecule has 1 nitrogen and oxygen atoms in total. The summed E-state index contributed by atoms with van der Waals surface area (Å²) >= 11 is 5.70. The van der Waals surface area contributed by atoms with Crippen LogP contribution in [0.2, 0.25) is 0 Å². The molecule has 2 unspecified atom stereocenters. The number of rotatable bonds is 9. The van der Waals surface area contributed by atoms with Gasteiger partial charge in [-0.05, 0) is 18.3 Å². The molecule has 0 rings (SSSR count). The molecule has 0 aromatic carbocycles. The van der Waals surface area contributed by atoms with Crippen LogP contribution in [0.25, 0.3) is 0 Å². The van der Waals surface area contributed by atoms with E-state index in [0.717, 1.165) is 19.1 Å². The summed E-state index contributed by atoms with van der Waals surface area (Å²) in [6, 6.07) is 0. The average molecular weight is 221 g/mol. The van der Waals surface area contributed by atoms with Gasteiger partial charge in [0.25, 0.3) is 0 Å². The van der Waals surface area contributed by atoms with Crippen molar-refractivity contribution in [3.8, 4) is 0 Å². The van der Waals surface area contributed by atoms with Crippen molar-refractivity contribution in [1.29, 1.82) is 0 Å². The molecule has 0 aromatic heterocycles. The van der Waals surface area contributed by atoms with Crippen molar-refractivity contribution in [2.45, 2.75) is 46.5 Å². The Balaban J connectivity index is 3.42. The van der Waals surface area contributed by atoms with Crippen molar-refractivity contribution in [1.82, 2.24) is 0 Å². The van der Waals surface area contributed by atoms with Crippen LogP contribution in [0, 0.1) is 11.8 Å². The van der Waals surface area contributed by atoms with Gasteiger partial charge < -0.3 is 4.74 Å². The molecule has 0 aliphatic heterocycles. The van der Waals surface area contributed by atoms with Gasteiger partial charge in [0.15, 0.2) is 0 Å². The highest BCUT2D eigenvalue weighted by atomic mass is 35.5. The minimum atomic E-state index is 0.486. The van der Waals surface area contributed by atoms with Gasteiger partial charge in [-0.2, -0.15) is 0 Å². The zero-order chi connectivity index (χ0) is 10.8. The third kappa shape index (κ3) is 7.64. The van der Waals surface area contributed by atoms with Gasteiger partial charge in [0.05, 0.1) is 6.61 Å². The summed E-state index contributed by atoms with van der Waals surface area (Å²) in [7, 11) is 0. The molecule has 0 aliphatic carbocycles. The van der Waals surface area contributed by atoms with E-state index < -0.39 is 0 Å². The molecule has 14 heavy (non-hydrogen) atoms. The molecule has 0 N–H and O–H groups in total. The second kappa shape index (κ2) is 9.79. The van der Waals surface area contributed by atoms with Crippen molar-refractivity contribution in [3.05, 3.63) is 0 Å². The Morgan fingerprint density at radius 1 is 1.21 bits per heavy atom. The Morgan fingerprint density at radius 3 is 2.43 bits per heavy atom. The third-order valence-electron chi connectivity index (χ3n) is 2.56. The van der Waals surface area contributed by atoms with Gasteiger partial charge in [0, 0.05) is 12.5 Å². The zero-order valence-electron chi connectivity index (χ0n) is 9.89. The van der Waals surface area contributed by atoms with Gasteiger partial charge in [0.1, 0.15) is 0 Å². The fourth-order valence-electron chi connectivity index (χ4n) is 1.38. The lowest BCUT2D eigenvalue weighted by atomic mass is 10.0. The van der Waals surface area contributed by atoms with E-state index in [0.29, 0.717) is 11.8 Å². The molecule has 0 saturated heterocycles. The maximum absolute atomic E-state index is 5.70. The molecule has 2 heteroatoms. The Morgan fingerprint density at radius 2 is 1.93 bits per heavy atom. The summed E-state index contributed by atoms with van der Waals surface area (Å²) in [4.78, 5) is 0. The summed E-state index contributed by atoms with van der Waals surface area (Å²) in [6.07, 6.45) is 5.15. The van der Waals surface area contributed by atoms with Gasteiger partial charge >= 0.3 is 0 Å². The molecule has 0 heterocycles. The minimum Gasteiger partial charge on any atom is -0.381 e. The summed E-state index contributed by atoms with van der Waals surface area (Å²) in [6.45, 7) is 8.33. The maximum atomic E-state index is 5.70. The topological polar surface area (TPSA) is 9.23 Å². The first-order chi connectivity index (χ1) is 6.74. The number of halogens is 1. The molecule has 0 spiro atoms. The quantitative estimate of drug-likeness (QED) is 0.532. The van der Waals surface area contributed by atoms with E-state index in [1.165, 1.54) is 25.7 Å². The highest BCUT2D eigenvalue weighted by Gasteiger charge is 2.07. The van der Waals surface area contributed by atoms with Gasteiger partial charge in [-0.25, -0.2) is 0 Å². The molecule has 0 saturated carbocycles. The fourth-order valence-corrected chi connectivity index (χ4v) is 1.47. The lowest BCUT2D eigenvalue weighted by Crippen LogP contribution is -2.14. The molecule has 0 aromatic rings. The summed E-state index contributed by atoms with van der Waals surface area (Å²) < 4.78 is 5.65. The predicted octanol–water partition coefficient (Wildman–Crippen LogP) is 4.09. The Kier molecular flexibility index (Phi) is 9.97. The predicted molar refractivity (Wildman–Crippen MR) is 64.0 cm³/mol. The van der Waals surface area contributed by atoms with Crippen LogP contribution in [-0.4, -0.2) is 19.1 Å². The van der Waals surface area contributed by atoms with Gasteiger partial charge in [-0.1, -0.05) is 40.0 Å². The van der Waals surface area contributed by atoms with E-state index in [2.05, 4.69) is 20.8 Å². The van der Waals surface area contributed by atoms with Crippen molar-refractivity contribution < 1.29 is 4.74 Å². The van der Waals surface area contributed by atoms with E-state index >= 15 is 0 Å². The third-order valence-corrected chi connectivity index (χ3v) is 3.09. The zero-order valence-corrected chi connectivity index (χ0v) is 10.6. The minimum absolute atomic E-state index is 0.486. The van der Waals surface area contributed by atoms with E-state index in [1.54, 1.807) is 0 Å². The normalized spacial score (nSPS) is 15.4. The highest BCUT2D eigenvalue weighted by Crippen LogP contribution is 2.13. The second-order valence-electron chi connectivity index (χ2n) is 4.21. The van der Waals surface area contributed by atoms with Crippen LogP contribution in [0.4, 0.5) is 0 Å². The van der Waals surface area contributed by atoms with Crippen LogP contribution < -0.4 is 0 Å². The highest BCUT2D eigenvalue weighted by molar-refractivity contribution is 6.18. The number of unbranched alkanes of at least 4 members (excludes halogenated alkanes) is 1. The molecule has 86 valence electrons. The molecular weight excluding hydrogens is 196 g/mol. The number of hydrogen-bond acceptors (Lipinski definition) is 1. The van der Waals surface area contributed by atoms with E-state index in [1.807, 2.05) is 0 Å². The van der Waals surface area contributed by atoms with E-state index in [4.69, 9.17) is 16.3 Å². The molecule has 0 bridgehead atoms. The van der Waals surface area contributed by atoms with Crippen LogP contribution in [0.15, 0.2) is 0 Å². The van der Waals surface area contributed by atoms with Crippen molar-refractivity contribution in [2.24, 2.45) is 11.8 Å². The first-order valence-electron chi connectivity index (χ1n) is 5.88. The Labute approximate surface area is 94.2 Å². The molecule has 2 atom stereocenters. The van der Waals surface area contributed by atoms with Gasteiger partial charge in [-0.15, -0.1) is 11.6 Å². The lowest BCUT2D eigenvalue weighted by Gasteiger charge is -2.16. The Bertz CT molecular complexity index is 117. The Hall–Kier alpha value is 0.250. The molecule has 0 radical (unpaired) electrons. The molecule has 0 fully saturated rings. The average Bonchev–Trinajstić information content (AvgIpc) is 2.22. The molecule has 0 amide bonds. The second-order valence-corrected chi connectivity index (χ2v) is 4.52. The first-order valence-corrected chi connectivity index (χ1v) is 6.41. The molecular formula is C12H25ClO. The fraction of sp³-hybridized carbons (Fsp3) is 1.00. The lowest BCUT2D eigenvalue weighted by molar-refractivity contribution is 0.0757. The SMILES string of the molecule is CCCCC(CC)COCC(C)CCl. The summed E-state index contributed by atoms with van der Waals surface area (Å²) in [5.74, 6) is 1.93.